The van der Waals surface area contributed by atoms with Crippen molar-refractivity contribution in [2.24, 2.45) is 0 Å². The molecule has 0 aromatic heterocycles. The zero-order valence-electron chi connectivity index (χ0n) is 15.1. The van der Waals surface area contributed by atoms with Gasteiger partial charge in [-0.05, 0) is 42.0 Å². The van der Waals surface area contributed by atoms with Gasteiger partial charge < -0.3 is 5.32 Å². The molecule has 0 bridgehead atoms. The van der Waals surface area contributed by atoms with E-state index in [1.165, 1.54) is 48.5 Å². The maximum Gasteiger partial charge on any atom is 0.282 e. The van der Waals surface area contributed by atoms with Crippen LogP contribution < -0.4 is 10.2 Å². The van der Waals surface area contributed by atoms with Gasteiger partial charge in [0.25, 0.3) is 11.8 Å². The molecule has 2 amide bonds. The normalized spacial score (nSPS) is 13.9. The molecular weight excluding hydrogens is 417 g/mol. The molecule has 1 N–H and O–H groups in total. The highest BCUT2D eigenvalue weighted by Gasteiger charge is 2.41. The maximum absolute atomic E-state index is 14.3. The summed E-state index contributed by atoms with van der Waals surface area (Å²) in [5, 5.41) is 3.09. The number of imide groups is 1. The van der Waals surface area contributed by atoms with E-state index in [4.69, 9.17) is 11.6 Å². The molecule has 0 atom stereocenters. The van der Waals surface area contributed by atoms with Crippen LogP contribution in [0.4, 0.5) is 24.5 Å². The Labute approximate surface area is 174 Å². The fraction of sp³-hybridized carbons (Fsp3) is 0. The Morgan fingerprint density at radius 3 is 2.13 bits per heavy atom. The third-order valence-corrected chi connectivity index (χ3v) is 4.75. The first-order valence-corrected chi connectivity index (χ1v) is 9.10. The lowest BCUT2D eigenvalue weighted by molar-refractivity contribution is -0.120. The van der Waals surface area contributed by atoms with Crippen molar-refractivity contribution in [1.29, 1.82) is 0 Å². The molecule has 0 radical (unpaired) electrons. The molecule has 30 heavy (non-hydrogen) atoms. The van der Waals surface area contributed by atoms with Crippen molar-refractivity contribution in [2.75, 3.05) is 10.2 Å². The summed E-state index contributed by atoms with van der Waals surface area (Å²) in [7, 11) is 0. The first-order chi connectivity index (χ1) is 14.4. The van der Waals surface area contributed by atoms with Crippen molar-refractivity contribution in [3.05, 3.63) is 100 Å². The number of benzene rings is 3. The highest BCUT2D eigenvalue weighted by atomic mass is 35.5. The van der Waals surface area contributed by atoms with Crippen molar-refractivity contribution in [1.82, 2.24) is 0 Å². The van der Waals surface area contributed by atoms with Gasteiger partial charge in [0.05, 0.1) is 11.3 Å². The number of para-hydroxylation sites is 1. The SMILES string of the molecule is O=C1C(Nc2ccc(F)c(F)c2)=C(c2ccc(Cl)cc2)C(=O)N1c1ccccc1F. The highest BCUT2D eigenvalue weighted by molar-refractivity contribution is 6.46. The Balaban J connectivity index is 1.84. The van der Waals surface area contributed by atoms with Gasteiger partial charge in [-0.25, -0.2) is 18.1 Å². The number of hydrogen-bond donors (Lipinski definition) is 1. The van der Waals surface area contributed by atoms with Crippen molar-refractivity contribution in [2.45, 2.75) is 0 Å². The first-order valence-electron chi connectivity index (χ1n) is 8.72. The topological polar surface area (TPSA) is 49.4 Å². The largest absolute Gasteiger partial charge is 0.350 e. The minimum atomic E-state index is -1.13. The van der Waals surface area contributed by atoms with E-state index in [1.807, 2.05) is 0 Å². The van der Waals surface area contributed by atoms with Crippen LogP contribution in [0.5, 0.6) is 0 Å². The van der Waals surface area contributed by atoms with Crippen LogP contribution >= 0.6 is 11.6 Å². The number of nitrogens with zero attached hydrogens (tertiary/aromatic N) is 1. The molecule has 4 rings (SSSR count). The number of halogens is 4. The standard InChI is InChI=1S/C22H12ClF3N2O2/c23-13-7-5-12(6-8-13)19-20(27-14-9-10-15(24)17(26)11-14)22(30)28(21(19)29)18-4-2-1-3-16(18)25/h1-11,27H. The van der Waals surface area contributed by atoms with Gasteiger partial charge in [-0.3, -0.25) is 9.59 Å². The molecule has 0 fully saturated rings. The van der Waals surface area contributed by atoms with E-state index in [0.717, 1.165) is 18.2 Å². The van der Waals surface area contributed by atoms with Crippen molar-refractivity contribution in [3.63, 3.8) is 0 Å². The molecule has 1 heterocycles. The Bertz CT molecular complexity index is 1210. The second kappa shape index (κ2) is 7.68. The van der Waals surface area contributed by atoms with Crippen LogP contribution in [0, 0.1) is 17.5 Å². The van der Waals surface area contributed by atoms with E-state index < -0.39 is 29.3 Å². The van der Waals surface area contributed by atoms with Gasteiger partial charge in [0, 0.05) is 16.8 Å². The average Bonchev–Trinajstić information content (AvgIpc) is 2.96. The predicted octanol–water partition coefficient (Wildman–Crippen LogP) is 5.15. The monoisotopic (exact) mass is 428 g/mol. The highest BCUT2D eigenvalue weighted by Crippen LogP contribution is 2.35. The quantitative estimate of drug-likeness (QED) is 0.584. The van der Waals surface area contributed by atoms with Crippen molar-refractivity contribution < 1.29 is 22.8 Å². The summed E-state index contributed by atoms with van der Waals surface area (Å²) in [5.74, 6) is -4.55. The number of rotatable bonds is 4. The Morgan fingerprint density at radius 2 is 1.47 bits per heavy atom. The second-order valence-electron chi connectivity index (χ2n) is 6.41. The fourth-order valence-corrected chi connectivity index (χ4v) is 3.23. The Hall–Kier alpha value is -3.58. The summed E-state index contributed by atoms with van der Waals surface area (Å²) >= 11 is 5.91. The molecule has 150 valence electrons. The number of carbonyl (C=O) groups excluding carboxylic acids is 2. The summed E-state index contributed by atoms with van der Waals surface area (Å²) < 4.78 is 41.2. The minimum absolute atomic E-state index is 0.0481. The summed E-state index contributed by atoms with van der Waals surface area (Å²) in [4.78, 5) is 26.9. The van der Waals surface area contributed by atoms with Crippen molar-refractivity contribution >= 4 is 40.4 Å². The smallest absolute Gasteiger partial charge is 0.282 e. The molecule has 0 saturated carbocycles. The van der Waals surface area contributed by atoms with Gasteiger partial charge in [-0.1, -0.05) is 35.9 Å². The van der Waals surface area contributed by atoms with Gasteiger partial charge in [0.15, 0.2) is 11.6 Å². The third kappa shape index (κ3) is 3.44. The van der Waals surface area contributed by atoms with Crippen LogP contribution in [0.2, 0.25) is 5.02 Å². The first kappa shape index (κ1) is 19.7. The van der Waals surface area contributed by atoms with E-state index in [0.29, 0.717) is 15.5 Å². The molecule has 1 aliphatic heterocycles. The molecule has 0 unspecified atom stereocenters. The molecular formula is C22H12ClF3N2O2. The lowest BCUT2D eigenvalue weighted by atomic mass is 10.0. The Morgan fingerprint density at radius 1 is 0.767 bits per heavy atom. The molecule has 3 aromatic rings. The number of hydrogen-bond acceptors (Lipinski definition) is 3. The third-order valence-electron chi connectivity index (χ3n) is 4.50. The molecule has 3 aromatic carbocycles. The molecule has 0 saturated heterocycles. The van der Waals surface area contributed by atoms with E-state index in [2.05, 4.69) is 5.32 Å². The predicted molar refractivity (Wildman–Crippen MR) is 107 cm³/mol. The lowest BCUT2D eigenvalue weighted by Gasteiger charge is -2.16. The fourth-order valence-electron chi connectivity index (χ4n) is 3.10. The molecule has 1 aliphatic rings. The molecule has 0 spiro atoms. The number of nitrogens with one attached hydrogen (secondary N) is 1. The summed E-state index contributed by atoms with van der Waals surface area (Å²) in [6, 6.07) is 14.4. The van der Waals surface area contributed by atoms with E-state index in [-0.39, 0.29) is 22.6 Å². The van der Waals surface area contributed by atoms with Crippen LogP contribution in [0.1, 0.15) is 5.56 Å². The summed E-state index contributed by atoms with van der Waals surface area (Å²) in [6.45, 7) is 0. The number of carbonyl (C=O) groups is 2. The van der Waals surface area contributed by atoms with Crippen LogP contribution in [0.25, 0.3) is 5.57 Å². The zero-order valence-corrected chi connectivity index (χ0v) is 15.9. The van der Waals surface area contributed by atoms with Gasteiger partial charge in [-0.15, -0.1) is 0 Å². The van der Waals surface area contributed by atoms with E-state index in [9.17, 15) is 22.8 Å². The molecule has 4 nitrogen and oxygen atoms in total. The second-order valence-corrected chi connectivity index (χ2v) is 6.84. The van der Waals surface area contributed by atoms with E-state index in [1.54, 1.807) is 0 Å². The molecule has 0 aliphatic carbocycles. The average molecular weight is 429 g/mol. The number of anilines is 2. The van der Waals surface area contributed by atoms with E-state index >= 15 is 0 Å². The summed E-state index contributed by atoms with van der Waals surface area (Å²) in [5.41, 5.74) is -0.0733. The number of amides is 2. The zero-order chi connectivity index (χ0) is 21.4. The van der Waals surface area contributed by atoms with Gasteiger partial charge in [-0.2, -0.15) is 0 Å². The molecule has 8 heteroatoms. The van der Waals surface area contributed by atoms with Gasteiger partial charge in [0.2, 0.25) is 0 Å². The van der Waals surface area contributed by atoms with Crippen LogP contribution in [0.15, 0.2) is 72.4 Å². The van der Waals surface area contributed by atoms with Crippen LogP contribution in [-0.4, -0.2) is 11.8 Å². The van der Waals surface area contributed by atoms with Crippen LogP contribution in [0.3, 0.4) is 0 Å². The van der Waals surface area contributed by atoms with Crippen LogP contribution in [-0.2, 0) is 9.59 Å². The van der Waals surface area contributed by atoms with Crippen molar-refractivity contribution in [3.8, 4) is 0 Å². The Kier molecular flexibility index (Phi) is 5.05. The maximum atomic E-state index is 14.3. The van der Waals surface area contributed by atoms with Gasteiger partial charge in [0.1, 0.15) is 11.5 Å². The minimum Gasteiger partial charge on any atom is -0.350 e. The van der Waals surface area contributed by atoms with Gasteiger partial charge >= 0.3 is 0 Å². The lowest BCUT2D eigenvalue weighted by Crippen LogP contribution is -2.33. The summed E-state index contributed by atoms with van der Waals surface area (Å²) in [6.07, 6.45) is 0.